The Hall–Kier alpha value is -2.51. The zero-order valence-corrected chi connectivity index (χ0v) is 11.3. The number of carbonyl (C=O) groups is 1. The van der Waals surface area contributed by atoms with E-state index in [1.54, 1.807) is 18.0 Å². The predicted octanol–water partition coefficient (Wildman–Crippen LogP) is 1.86. The van der Waals surface area contributed by atoms with Crippen molar-refractivity contribution in [3.63, 3.8) is 0 Å². The van der Waals surface area contributed by atoms with Crippen molar-refractivity contribution in [2.24, 2.45) is 5.73 Å². The SMILES string of the molecule is CN(Cc1ccc(C#CCN)cc1)C(=O)c1ccoc1. The van der Waals surface area contributed by atoms with Crippen LogP contribution in [0.25, 0.3) is 0 Å². The summed E-state index contributed by atoms with van der Waals surface area (Å²) < 4.78 is 4.92. The molecule has 0 saturated heterocycles. The average Bonchev–Trinajstić information content (AvgIpc) is 3.00. The van der Waals surface area contributed by atoms with Gasteiger partial charge in [0.1, 0.15) is 6.26 Å². The fraction of sp³-hybridized carbons (Fsp3) is 0.188. The van der Waals surface area contributed by atoms with Crippen LogP contribution in [0.5, 0.6) is 0 Å². The summed E-state index contributed by atoms with van der Waals surface area (Å²) in [6, 6.07) is 9.42. The topological polar surface area (TPSA) is 59.5 Å². The van der Waals surface area contributed by atoms with Crippen molar-refractivity contribution < 1.29 is 9.21 Å². The van der Waals surface area contributed by atoms with E-state index in [1.165, 1.54) is 12.5 Å². The smallest absolute Gasteiger partial charge is 0.257 e. The molecule has 2 N–H and O–H groups in total. The minimum atomic E-state index is -0.0641. The van der Waals surface area contributed by atoms with Crippen LogP contribution in [0.1, 0.15) is 21.5 Å². The lowest BCUT2D eigenvalue weighted by atomic mass is 10.1. The zero-order chi connectivity index (χ0) is 14.4. The van der Waals surface area contributed by atoms with Crippen molar-refractivity contribution >= 4 is 5.91 Å². The molecule has 0 spiro atoms. The summed E-state index contributed by atoms with van der Waals surface area (Å²) in [7, 11) is 1.76. The highest BCUT2D eigenvalue weighted by Crippen LogP contribution is 2.10. The molecule has 4 heteroatoms. The van der Waals surface area contributed by atoms with Gasteiger partial charge in [-0.1, -0.05) is 24.0 Å². The minimum Gasteiger partial charge on any atom is -0.472 e. The van der Waals surface area contributed by atoms with E-state index < -0.39 is 0 Å². The number of benzene rings is 1. The van der Waals surface area contributed by atoms with Crippen molar-refractivity contribution in [1.29, 1.82) is 0 Å². The molecular formula is C16H16N2O2. The normalized spacial score (nSPS) is 9.70. The lowest BCUT2D eigenvalue weighted by Crippen LogP contribution is -2.25. The van der Waals surface area contributed by atoms with Gasteiger partial charge in [-0.25, -0.2) is 0 Å². The first-order valence-corrected chi connectivity index (χ1v) is 6.26. The van der Waals surface area contributed by atoms with E-state index in [1.807, 2.05) is 24.3 Å². The second kappa shape index (κ2) is 6.60. The molecule has 2 aromatic rings. The van der Waals surface area contributed by atoms with Gasteiger partial charge in [0, 0.05) is 19.2 Å². The van der Waals surface area contributed by atoms with Crippen LogP contribution in [-0.4, -0.2) is 24.4 Å². The van der Waals surface area contributed by atoms with Crippen LogP contribution in [0.4, 0.5) is 0 Å². The fourth-order valence-corrected chi connectivity index (χ4v) is 1.80. The Morgan fingerprint density at radius 1 is 1.30 bits per heavy atom. The first-order valence-electron chi connectivity index (χ1n) is 6.26. The molecule has 0 fully saturated rings. The molecule has 0 radical (unpaired) electrons. The fourth-order valence-electron chi connectivity index (χ4n) is 1.80. The van der Waals surface area contributed by atoms with Gasteiger partial charge in [0.15, 0.2) is 0 Å². The van der Waals surface area contributed by atoms with E-state index in [9.17, 15) is 4.79 Å². The van der Waals surface area contributed by atoms with Gasteiger partial charge in [-0.2, -0.15) is 0 Å². The Bertz CT molecular complexity index is 619. The quantitative estimate of drug-likeness (QED) is 0.864. The number of nitrogens with zero attached hydrogens (tertiary/aromatic N) is 1. The summed E-state index contributed by atoms with van der Waals surface area (Å²) in [6.45, 7) is 0.887. The number of amides is 1. The Morgan fingerprint density at radius 2 is 2.05 bits per heavy atom. The lowest BCUT2D eigenvalue weighted by Gasteiger charge is -2.16. The Morgan fingerprint density at radius 3 is 2.65 bits per heavy atom. The highest BCUT2D eigenvalue weighted by Gasteiger charge is 2.12. The van der Waals surface area contributed by atoms with Crippen LogP contribution in [0, 0.1) is 11.8 Å². The van der Waals surface area contributed by atoms with Gasteiger partial charge < -0.3 is 15.1 Å². The summed E-state index contributed by atoms with van der Waals surface area (Å²) in [6.07, 6.45) is 2.94. The molecule has 0 saturated carbocycles. The van der Waals surface area contributed by atoms with Gasteiger partial charge in [0.2, 0.25) is 0 Å². The summed E-state index contributed by atoms with van der Waals surface area (Å²) >= 11 is 0. The molecule has 1 heterocycles. The maximum atomic E-state index is 12.0. The van der Waals surface area contributed by atoms with Crippen LogP contribution < -0.4 is 5.73 Å². The molecule has 0 aliphatic rings. The molecule has 4 nitrogen and oxygen atoms in total. The van der Waals surface area contributed by atoms with Gasteiger partial charge in [-0.05, 0) is 23.8 Å². The number of nitrogens with two attached hydrogens (primary N) is 1. The second-order valence-corrected chi connectivity index (χ2v) is 4.38. The van der Waals surface area contributed by atoms with Crippen molar-refractivity contribution in [2.45, 2.75) is 6.54 Å². The third kappa shape index (κ3) is 3.50. The molecule has 0 atom stereocenters. The summed E-state index contributed by atoms with van der Waals surface area (Å²) in [5, 5.41) is 0. The van der Waals surface area contributed by atoms with Crippen LogP contribution in [-0.2, 0) is 6.54 Å². The van der Waals surface area contributed by atoms with Crippen molar-refractivity contribution in [2.75, 3.05) is 13.6 Å². The minimum absolute atomic E-state index is 0.0641. The highest BCUT2D eigenvalue weighted by molar-refractivity contribution is 5.93. The van der Waals surface area contributed by atoms with E-state index in [0.717, 1.165) is 11.1 Å². The number of furan rings is 1. The maximum Gasteiger partial charge on any atom is 0.257 e. The van der Waals surface area contributed by atoms with Crippen molar-refractivity contribution in [3.8, 4) is 11.8 Å². The maximum absolute atomic E-state index is 12.0. The molecule has 102 valence electrons. The number of carbonyl (C=O) groups excluding carboxylic acids is 1. The largest absolute Gasteiger partial charge is 0.472 e. The monoisotopic (exact) mass is 268 g/mol. The predicted molar refractivity (Wildman–Crippen MR) is 76.9 cm³/mol. The molecule has 1 aromatic carbocycles. The summed E-state index contributed by atoms with van der Waals surface area (Å²) in [4.78, 5) is 13.7. The van der Waals surface area contributed by atoms with E-state index >= 15 is 0 Å². The van der Waals surface area contributed by atoms with Crippen LogP contribution in [0.2, 0.25) is 0 Å². The molecule has 0 aliphatic carbocycles. The molecule has 1 aromatic heterocycles. The van der Waals surface area contributed by atoms with Gasteiger partial charge in [0.25, 0.3) is 5.91 Å². The Labute approximate surface area is 118 Å². The number of hydrogen-bond donors (Lipinski definition) is 1. The molecular weight excluding hydrogens is 252 g/mol. The van der Waals surface area contributed by atoms with Crippen molar-refractivity contribution in [1.82, 2.24) is 4.90 Å². The lowest BCUT2D eigenvalue weighted by molar-refractivity contribution is 0.0784. The molecule has 0 aliphatic heterocycles. The van der Waals surface area contributed by atoms with Crippen molar-refractivity contribution in [3.05, 3.63) is 59.5 Å². The van der Waals surface area contributed by atoms with Crippen LogP contribution in [0.15, 0.2) is 47.3 Å². The molecule has 20 heavy (non-hydrogen) atoms. The molecule has 0 bridgehead atoms. The van der Waals surface area contributed by atoms with E-state index in [4.69, 9.17) is 10.2 Å². The van der Waals surface area contributed by atoms with Gasteiger partial charge in [0.05, 0.1) is 18.4 Å². The van der Waals surface area contributed by atoms with E-state index in [2.05, 4.69) is 11.8 Å². The first kappa shape index (κ1) is 13.9. The average molecular weight is 268 g/mol. The first-order chi connectivity index (χ1) is 9.70. The highest BCUT2D eigenvalue weighted by atomic mass is 16.3. The van der Waals surface area contributed by atoms with Gasteiger partial charge in [-0.3, -0.25) is 4.79 Å². The van der Waals surface area contributed by atoms with Crippen LogP contribution in [0.3, 0.4) is 0 Å². The summed E-state index contributed by atoms with van der Waals surface area (Å²) in [5.41, 5.74) is 7.84. The molecule has 0 unspecified atom stereocenters. The molecule has 2 rings (SSSR count). The second-order valence-electron chi connectivity index (χ2n) is 4.38. The molecule has 1 amide bonds. The third-order valence-electron chi connectivity index (χ3n) is 2.82. The summed E-state index contributed by atoms with van der Waals surface area (Å²) in [5.74, 6) is 5.70. The Balaban J connectivity index is 2.01. The third-order valence-corrected chi connectivity index (χ3v) is 2.82. The number of rotatable bonds is 3. The van der Waals surface area contributed by atoms with Gasteiger partial charge >= 0.3 is 0 Å². The zero-order valence-electron chi connectivity index (χ0n) is 11.3. The Kier molecular flexibility index (Phi) is 4.59. The number of hydrogen-bond acceptors (Lipinski definition) is 3. The van der Waals surface area contributed by atoms with E-state index in [-0.39, 0.29) is 5.91 Å². The van der Waals surface area contributed by atoms with Gasteiger partial charge in [-0.15, -0.1) is 0 Å². The van der Waals surface area contributed by atoms with Crippen LogP contribution >= 0.6 is 0 Å². The van der Waals surface area contributed by atoms with E-state index in [0.29, 0.717) is 18.7 Å². The standard InChI is InChI=1S/C16H16N2O2/c1-18(16(19)15-8-10-20-12-15)11-14-6-4-13(5-7-14)3-2-9-17/h4-8,10,12H,9,11,17H2,1H3.